The molecule has 2 aromatic heterocycles. The quantitative estimate of drug-likeness (QED) is 0.425. The average Bonchev–Trinajstić information content (AvgIpc) is 3.48. The minimum atomic E-state index is 0.0712. The van der Waals surface area contributed by atoms with Crippen molar-refractivity contribution < 1.29 is 0 Å². The first-order valence-electron chi connectivity index (χ1n) is 11.3. The van der Waals surface area contributed by atoms with E-state index in [1.54, 1.807) is 0 Å². The molecule has 4 aromatic rings. The number of benzene rings is 2. The van der Waals surface area contributed by atoms with Crippen molar-refractivity contribution in [2.75, 3.05) is 0 Å². The molecular formula is C25H30N6O. The number of rotatable bonds is 8. The van der Waals surface area contributed by atoms with Crippen LogP contribution in [0.15, 0.2) is 59.5 Å². The summed E-state index contributed by atoms with van der Waals surface area (Å²) in [6.07, 6.45) is 3.98. The van der Waals surface area contributed by atoms with E-state index in [1.165, 1.54) is 0 Å². The third-order valence-corrected chi connectivity index (χ3v) is 6.35. The van der Waals surface area contributed by atoms with Gasteiger partial charge in [0.05, 0.1) is 6.54 Å². The molecule has 7 heteroatoms. The largest absolute Gasteiger partial charge is 0.328 e. The molecule has 0 saturated heterocycles. The molecule has 2 atom stereocenters. The third kappa shape index (κ3) is 4.15. The first-order chi connectivity index (χ1) is 15.5. The van der Waals surface area contributed by atoms with Gasteiger partial charge in [0.15, 0.2) is 5.82 Å². The van der Waals surface area contributed by atoms with Crippen molar-refractivity contribution in [2.24, 2.45) is 0 Å². The number of nitrogens with zero attached hydrogens (tertiary/aromatic N) is 5. The second-order valence-corrected chi connectivity index (χ2v) is 8.39. The smallest absolute Gasteiger partial charge is 0.296 e. The number of hydrogen-bond donors (Lipinski definition) is 1. The number of aromatic nitrogens is 6. The van der Waals surface area contributed by atoms with E-state index >= 15 is 0 Å². The molecule has 0 amide bonds. The van der Waals surface area contributed by atoms with Gasteiger partial charge in [-0.3, -0.25) is 9.13 Å². The second kappa shape index (κ2) is 9.34. The Kier molecular flexibility index (Phi) is 6.35. The maximum atomic E-state index is 13.2. The van der Waals surface area contributed by atoms with Gasteiger partial charge < -0.3 is 0 Å². The van der Waals surface area contributed by atoms with E-state index in [9.17, 15) is 4.79 Å². The molecule has 0 fully saturated rings. The fourth-order valence-electron chi connectivity index (χ4n) is 3.98. The van der Waals surface area contributed by atoms with Crippen LogP contribution in [0.1, 0.15) is 63.8 Å². The Morgan fingerprint density at radius 1 is 0.969 bits per heavy atom. The van der Waals surface area contributed by atoms with Crippen LogP contribution < -0.4 is 5.69 Å². The van der Waals surface area contributed by atoms with Crippen LogP contribution in [0, 0.1) is 0 Å². The van der Waals surface area contributed by atoms with Gasteiger partial charge >= 0.3 is 5.69 Å². The van der Waals surface area contributed by atoms with Crippen molar-refractivity contribution in [2.45, 2.75) is 59.0 Å². The summed E-state index contributed by atoms with van der Waals surface area (Å²) in [6, 6.07) is 16.6. The summed E-state index contributed by atoms with van der Waals surface area (Å²) < 4.78 is 3.82. The van der Waals surface area contributed by atoms with Gasteiger partial charge in [0.1, 0.15) is 0 Å². The Bertz CT molecular complexity index is 1220. The molecule has 0 spiro atoms. The summed E-state index contributed by atoms with van der Waals surface area (Å²) in [6.45, 7) is 9.13. The zero-order valence-electron chi connectivity index (χ0n) is 19.1. The molecule has 0 aliphatic heterocycles. The molecule has 4 rings (SSSR count). The molecule has 32 heavy (non-hydrogen) atoms. The van der Waals surface area contributed by atoms with Gasteiger partial charge in [-0.25, -0.2) is 9.89 Å². The normalized spacial score (nSPS) is 13.2. The van der Waals surface area contributed by atoms with Crippen LogP contribution in [0.3, 0.4) is 0 Å². The van der Waals surface area contributed by atoms with E-state index in [4.69, 9.17) is 0 Å². The van der Waals surface area contributed by atoms with E-state index in [-0.39, 0.29) is 11.7 Å². The first-order valence-corrected chi connectivity index (χ1v) is 11.3. The molecule has 166 valence electrons. The SMILES string of the molecule is CCC(C)c1cn(C(C)CC)c(=O)n1Cc1ccc(-c2ccccc2-c2nnn[nH]2)cc1. The molecule has 0 aliphatic carbocycles. The van der Waals surface area contributed by atoms with E-state index in [0.717, 1.165) is 40.8 Å². The van der Waals surface area contributed by atoms with Crippen LogP contribution in [-0.4, -0.2) is 29.8 Å². The number of aromatic amines is 1. The van der Waals surface area contributed by atoms with Crippen LogP contribution >= 0.6 is 0 Å². The van der Waals surface area contributed by atoms with Crippen LogP contribution in [0.4, 0.5) is 0 Å². The molecule has 2 unspecified atom stereocenters. The Morgan fingerprint density at radius 3 is 2.31 bits per heavy atom. The first kappa shape index (κ1) is 21.7. The zero-order chi connectivity index (χ0) is 22.7. The van der Waals surface area contributed by atoms with Crippen LogP contribution in [0.5, 0.6) is 0 Å². The number of tetrazole rings is 1. The second-order valence-electron chi connectivity index (χ2n) is 8.39. The molecule has 1 N–H and O–H groups in total. The van der Waals surface area contributed by atoms with Gasteiger partial charge in [0.25, 0.3) is 0 Å². The molecule has 2 aromatic carbocycles. The summed E-state index contributed by atoms with van der Waals surface area (Å²) in [7, 11) is 0. The zero-order valence-corrected chi connectivity index (χ0v) is 19.1. The highest BCUT2D eigenvalue weighted by Gasteiger charge is 2.18. The highest BCUT2D eigenvalue weighted by Crippen LogP contribution is 2.30. The highest BCUT2D eigenvalue weighted by atomic mass is 16.1. The highest BCUT2D eigenvalue weighted by molar-refractivity contribution is 5.80. The fraction of sp³-hybridized carbons (Fsp3) is 0.360. The van der Waals surface area contributed by atoms with Crippen molar-refractivity contribution in [3.05, 3.63) is 76.5 Å². The lowest BCUT2D eigenvalue weighted by Crippen LogP contribution is -2.27. The number of imidazole rings is 1. The minimum Gasteiger partial charge on any atom is -0.296 e. The predicted molar refractivity (Wildman–Crippen MR) is 127 cm³/mol. The van der Waals surface area contributed by atoms with Gasteiger partial charge in [-0.15, -0.1) is 5.10 Å². The maximum Gasteiger partial charge on any atom is 0.328 e. The minimum absolute atomic E-state index is 0.0712. The van der Waals surface area contributed by atoms with Gasteiger partial charge in [-0.05, 0) is 52.8 Å². The van der Waals surface area contributed by atoms with Gasteiger partial charge in [-0.1, -0.05) is 69.3 Å². The standard InChI is InChI=1S/C25H30N6O/c1-5-17(3)23-16-30(18(4)6-2)25(32)31(23)15-19-11-13-20(14-12-19)21-9-7-8-10-22(21)24-26-28-29-27-24/h7-14,16-18H,5-6,15H2,1-4H3,(H,26,27,28,29). The summed E-state index contributed by atoms with van der Waals surface area (Å²) in [5.41, 5.74) is 5.35. The number of hydrogen-bond acceptors (Lipinski definition) is 4. The predicted octanol–water partition coefficient (Wildman–Crippen LogP) is 5.03. The van der Waals surface area contributed by atoms with Gasteiger partial charge in [-0.2, -0.15) is 0 Å². The lowest BCUT2D eigenvalue weighted by atomic mass is 9.98. The van der Waals surface area contributed by atoms with E-state index in [1.807, 2.05) is 27.3 Å². The summed E-state index contributed by atoms with van der Waals surface area (Å²) in [5.74, 6) is 0.968. The van der Waals surface area contributed by atoms with Crippen LogP contribution in [-0.2, 0) is 6.54 Å². The Balaban J connectivity index is 1.66. The van der Waals surface area contributed by atoms with Crippen molar-refractivity contribution in [3.63, 3.8) is 0 Å². The maximum absolute atomic E-state index is 13.2. The Hall–Kier alpha value is -3.48. The molecule has 0 saturated carbocycles. The van der Waals surface area contributed by atoms with E-state index in [2.05, 4.69) is 84.8 Å². The Labute approximate surface area is 188 Å². The van der Waals surface area contributed by atoms with Crippen molar-refractivity contribution in [1.82, 2.24) is 29.8 Å². The third-order valence-electron chi connectivity index (χ3n) is 6.35. The van der Waals surface area contributed by atoms with Crippen molar-refractivity contribution >= 4 is 0 Å². The topological polar surface area (TPSA) is 81.4 Å². The Morgan fingerprint density at radius 2 is 1.69 bits per heavy atom. The monoisotopic (exact) mass is 430 g/mol. The molecule has 0 radical (unpaired) electrons. The number of nitrogens with one attached hydrogen (secondary N) is 1. The molecule has 7 nitrogen and oxygen atoms in total. The van der Waals surface area contributed by atoms with Gasteiger partial charge in [0, 0.05) is 23.5 Å². The molecule has 0 aliphatic rings. The average molecular weight is 431 g/mol. The molecule has 0 bridgehead atoms. The lowest BCUT2D eigenvalue weighted by molar-refractivity contribution is 0.504. The van der Waals surface area contributed by atoms with Gasteiger partial charge in [0.2, 0.25) is 0 Å². The van der Waals surface area contributed by atoms with Crippen LogP contribution in [0.2, 0.25) is 0 Å². The molecule has 2 heterocycles. The van der Waals surface area contributed by atoms with E-state index < -0.39 is 0 Å². The summed E-state index contributed by atoms with van der Waals surface area (Å²) in [5, 5.41) is 14.3. The lowest BCUT2D eigenvalue weighted by Gasteiger charge is -2.13. The number of H-pyrrole nitrogens is 1. The van der Waals surface area contributed by atoms with Crippen LogP contribution in [0.25, 0.3) is 22.5 Å². The summed E-state index contributed by atoms with van der Waals surface area (Å²) >= 11 is 0. The van der Waals surface area contributed by atoms with E-state index in [0.29, 0.717) is 18.3 Å². The van der Waals surface area contributed by atoms with Crippen molar-refractivity contribution in [1.29, 1.82) is 0 Å². The van der Waals surface area contributed by atoms with Crippen molar-refractivity contribution in [3.8, 4) is 22.5 Å². The fourth-order valence-corrected chi connectivity index (χ4v) is 3.98. The molecular weight excluding hydrogens is 400 g/mol. The summed E-state index contributed by atoms with van der Waals surface area (Å²) in [4.78, 5) is 13.2.